The lowest BCUT2D eigenvalue weighted by molar-refractivity contribution is -0.274. The summed E-state index contributed by atoms with van der Waals surface area (Å²) in [5.41, 5.74) is 2.25. The van der Waals surface area contributed by atoms with Gasteiger partial charge in [-0.05, 0) is 62.7 Å². The molecular weight excluding hydrogens is 465 g/mol. The van der Waals surface area contributed by atoms with Crippen LogP contribution in [0, 0.1) is 6.92 Å². The van der Waals surface area contributed by atoms with Gasteiger partial charge < -0.3 is 19.9 Å². The lowest BCUT2D eigenvalue weighted by Gasteiger charge is -2.25. The first-order chi connectivity index (χ1) is 15.8. The molecule has 0 radical (unpaired) electrons. The Morgan fingerprint density at radius 2 is 1.56 bits per heavy atom. The number of hydrogen-bond acceptors (Lipinski definition) is 6. The summed E-state index contributed by atoms with van der Waals surface area (Å²) in [5.74, 6) is 0.272. The van der Waals surface area contributed by atoms with Crippen LogP contribution in [0.2, 0.25) is 0 Å². The molecule has 0 atom stereocenters. The summed E-state index contributed by atoms with van der Waals surface area (Å²) in [6, 6.07) is 13.0. The summed E-state index contributed by atoms with van der Waals surface area (Å²) in [6.45, 7) is 13.5. The van der Waals surface area contributed by atoms with Crippen molar-refractivity contribution in [2.24, 2.45) is 0 Å². The predicted molar refractivity (Wildman–Crippen MR) is 128 cm³/mol. The van der Waals surface area contributed by atoms with E-state index >= 15 is 0 Å². The number of thiazole rings is 1. The number of benzene rings is 2. The molecule has 3 rings (SSSR count). The Balaban J connectivity index is 1.62. The third-order valence-corrected chi connectivity index (χ3v) is 6.17. The molecule has 5 nitrogen and oxygen atoms in total. The Hall–Kier alpha value is -3.46. The van der Waals surface area contributed by atoms with E-state index in [-0.39, 0.29) is 11.5 Å². The van der Waals surface area contributed by atoms with Gasteiger partial charge in [-0.15, -0.1) is 24.5 Å². The Kier molecular flexibility index (Phi) is 7.26. The van der Waals surface area contributed by atoms with Crippen molar-refractivity contribution in [1.82, 2.24) is 10.3 Å². The molecule has 0 aliphatic heterocycles. The van der Waals surface area contributed by atoms with Gasteiger partial charge in [-0.25, -0.2) is 4.98 Å². The molecule has 2 N–H and O–H groups in total. The Labute approximate surface area is 200 Å². The fourth-order valence-corrected chi connectivity index (χ4v) is 3.94. The van der Waals surface area contributed by atoms with Crippen LogP contribution in [0.25, 0.3) is 16.3 Å². The molecular formula is C25H25F3N2O3S. The molecule has 0 spiro atoms. The van der Waals surface area contributed by atoms with E-state index in [4.69, 9.17) is 4.74 Å². The van der Waals surface area contributed by atoms with Crippen LogP contribution < -0.4 is 14.8 Å². The van der Waals surface area contributed by atoms with Gasteiger partial charge in [-0.1, -0.05) is 25.3 Å². The normalized spacial score (nSPS) is 11.7. The van der Waals surface area contributed by atoms with Gasteiger partial charge in [0.2, 0.25) is 0 Å². The molecule has 0 aliphatic rings. The van der Waals surface area contributed by atoms with Crippen LogP contribution in [0.5, 0.6) is 11.5 Å². The van der Waals surface area contributed by atoms with Crippen LogP contribution in [-0.2, 0) is 6.54 Å². The zero-order valence-electron chi connectivity index (χ0n) is 19.0. The molecule has 1 aromatic heterocycles. The maximum atomic E-state index is 12.4. The monoisotopic (exact) mass is 490 g/mol. The standard InChI is InChI=1S/C25H25F3N2O3S/c1-15(29-14-18-6-10-20(11-7-18)32-24(4,5)17(3)31)22-16(2)30-23(34-22)19-8-12-21(13-9-19)33-25(26,27)28/h6-13,29,31H,1,3,14H2,2,4-5H3. The molecule has 0 bridgehead atoms. The SMILES string of the molecule is C=C(NCc1ccc(OC(C)(C)C(=C)O)cc1)c1sc(-c2ccc(OC(F)(F)F)cc2)nc1C. The minimum atomic E-state index is -4.73. The first-order valence-electron chi connectivity index (χ1n) is 10.3. The largest absolute Gasteiger partial charge is 0.573 e. The summed E-state index contributed by atoms with van der Waals surface area (Å²) in [7, 11) is 0. The molecule has 0 amide bonds. The van der Waals surface area contributed by atoms with E-state index < -0.39 is 12.0 Å². The van der Waals surface area contributed by atoms with Gasteiger partial charge >= 0.3 is 6.36 Å². The lowest BCUT2D eigenvalue weighted by Crippen LogP contribution is -2.30. The second-order valence-electron chi connectivity index (χ2n) is 8.04. The highest BCUT2D eigenvalue weighted by Gasteiger charge is 2.31. The summed E-state index contributed by atoms with van der Waals surface area (Å²) >= 11 is 1.40. The topological polar surface area (TPSA) is 63.6 Å². The third kappa shape index (κ3) is 6.54. The number of halogens is 3. The number of nitrogens with one attached hydrogen (secondary N) is 1. The summed E-state index contributed by atoms with van der Waals surface area (Å²) in [6.07, 6.45) is -4.73. The van der Waals surface area contributed by atoms with E-state index in [0.717, 1.165) is 16.1 Å². The fraction of sp³-hybridized carbons (Fsp3) is 0.240. The molecule has 9 heteroatoms. The first kappa shape index (κ1) is 25.2. The van der Waals surface area contributed by atoms with Gasteiger partial charge in [0, 0.05) is 17.8 Å². The Bertz CT molecular complexity index is 1170. The van der Waals surface area contributed by atoms with E-state index in [1.807, 2.05) is 31.2 Å². The van der Waals surface area contributed by atoms with Gasteiger partial charge in [-0.3, -0.25) is 0 Å². The van der Waals surface area contributed by atoms with Crippen molar-refractivity contribution < 1.29 is 27.8 Å². The second kappa shape index (κ2) is 9.80. The Morgan fingerprint density at radius 3 is 2.12 bits per heavy atom. The average molecular weight is 491 g/mol. The molecule has 180 valence electrons. The molecule has 0 fully saturated rings. The minimum absolute atomic E-state index is 0.0561. The highest BCUT2D eigenvalue weighted by Crippen LogP contribution is 2.33. The smallest absolute Gasteiger partial charge is 0.509 e. The zero-order valence-corrected chi connectivity index (χ0v) is 19.8. The van der Waals surface area contributed by atoms with Crippen molar-refractivity contribution in [3.8, 4) is 22.1 Å². The zero-order chi connectivity index (χ0) is 25.1. The molecule has 0 saturated carbocycles. The van der Waals surface area contributed by atoms with Crippen LogP contribution in [0.3, 0.4) is 0 Å². The highest BCUT2D eigenvalue weighted by molar-refractivity contribution is 7.16. The number of aryl methyl sites for hydroxylation is 1. The van der Waals surface area contributed by atoms with Gasteiger partial charge in [0.05, 0.1) is 10.6 Å². The number of nitrogens with zero attached hydrogens (tertiary/aromatic N) is 1. The first-order valence-corrected chi connectivity index (χ1v) is 11.1. The number of aliphatic hydroxyl groups is 1. The van der Waals surface area contributed by atoms with E-state index in [9.17, 15) is 18.3 Å². The van der Waals surface area contributed by atoms with Crippen molar-refractivity contribution in [2.75, 3.05) is 0 Å². The number of aliphatic hydroxyl groups excluding tert-OH is 1. The Morgan fingerprint density at radius 1 is 1.00 bits per heavy atom. The second-order valence-corrected chi connectivity index (χ2v) is 9.04. The quantitative estimate of drug-likeness (QED) is 0.316. The molecule has 3 aromatic rings. The summed E-state index contributed by atoms with van der Waals surface area (Å²) < 4.78 is 46.7. The van der Waals surface area contributed by atoms with E-state index in [0.29, 0.717) is 28.6 Å². The van der Waals surface area contributed by atoms with Crippen molar-refractivity contribution in [3.05, 3.63) is 83.6 Å². The van der Waals surface area contributed by atoms with Crippen LogP contribution in [0.15, 0.2) is 67.4 Å². The maximum Gasteiger partial charge on any atom is 0.573 e. The van der Waals surface area contributed by atoms with Crippen molar-refractivity contribution in [2.45, 2.75) is 39.3 Å². The summed E-state index contributed by atoms with van der Waals surface area (Å²) in [5, 5.41) is 13.6. The molecule has 0 saturated heterocycles. The lowest BCUT2D eigenvalue weighted by atomic mass is 10.1. The number of alkyl halides is 3. The number of hydrogen-bond donors (Lipinski definition) is 2. The van der Waals surface area contributed by atoms with Crippen LogP contribution in [0.4, 0.5) is 13.2 Å². The van der Waals surface area contributed by atoms with E-state index in [1.165, 1.54) is 35.6 Å². The van der Waals surface area contributed by atoms with Crippen LogP contribution >= 0.6 is 11.3 Å². The van der Waals surface area contributed by atoms with Crippen molar-refractivity contribution in [1.29, 1.82) is 0 Å². The van der Waals surface area contributed by atoms with Gasteiger partial charge in [0.1, 0.15) is 22.3 Å². The molecule has 0 aliphatic carbocycles. The third-order valence-electron chi connectivity index (χ3n) is 4.90. The minimum Gasteiger partial charge on any atom is -0.509 e. The van der Waals surface area contributed by atoms with Gasteiger partial charge in [-0.2, -0.15) is 0 Å². The molecule has 1 heterocycles. The van der Waals surface area contributed by atoms with E-state index in [1.54, 1.807) is 13.8 Å². The fourth-order valence-electron chi connectivity index (χ4n) is 2.92. The highest BCUT2D eigenvalue weighted by atomic mass is 32.1. The predicted octanol–water partition coefficient (Wildman–Crippen LogP) is 7.01. The number of rotatable bonds is 9. The van der Waals surface area contributed by atoms with E-state index in [2.05, 4.69) is 28.2 Å². The number of ether oxygens (including phenoxy) is 2. The van der Waals surface area contributed by atoms with Crippen molar-refractivity contribution >= 4 is 17.0 Å². The molecule has 0 unspecified atom stereocenters. The molecule has 2 aromatic carbocycles. The summed E-state index contributed by atoms with van der Waals surface area (Å²) in [4.78, 5) is 5.39. The number of aromatic nitrogens is 1. The average Bonchev–Trinajstić information content (AvgIpc) is 3.14. The maximum absolute atomic E-state index is 12.4. The van der Waals surface area contributed by atoms with Gasteiger partial charge in [0.15, 0.2) is 5.60 Å². The molecule has 34 heavy (non-hydrogen) atoms. The van der Waals surface area contributed by atoms with Crippen molar-refractivity contribution in [3.63, 3.8) is 0 Å². The van der Waals surface area contributed by atoms with Crippen LogP contribution in [-0.4, -0.2) is 22.1 Å². The van der Waals surface area contributed by atoms with Crippen LogP contribution in [0.1, 0.15) is 30.0 Å². The van der Waals surface area contributed by atoms with Gasteiger partial charge in [0.25, 0.3) is 0 Å².